The molecule has 0 N–H and O–H groups in total. The highest BCUT2D eigenvalue weighted by atomic mass is 16.7. The van der Waals surface area contributed by atoms with Crippen LogP contribution in [-0.4, -0.2) is 43.0 Å². The van der Waals surface area contributed by atoms with Crippen LogP contribution < -0.4 is 0 Å². The number of hydrogen-bond acceptors (Lipinski definition) is 3. The van der Waals surface area contributed by atoms with Gasteiger partial charge in [-0.25, -0.2) is 0 Å². The quantitative estimate of drug-likeness (QED) is 0.688. The highest BCUT2D eigenvalue weighted by molar-refractivity contribution is 4.94. The molecule has 2 aliphatic heterocycles. The van der Waals surface area contributed by atoms with Crippen LogP contribution in [0.25, 0.3) is 0 Å². The van der Waals surface area contributed by atoms with Gasteiger partial charge >= 0.3 is 0 Å². The Kier molecular flexibility index (Phi) is 6.17. The van der Waals surface area contributed by atoms with Crippen molar-refractivity contribution in [3.63, 3.8) is 0 Å². The molecule has 3 aliphatic rings. The van der Waals surface area contributed by atoms with Crippen molar-refractivity contribution in [3.8, 4) is 0 Å². The maximum Gasteiger partial charge on any atom is 0.171 e. The van der Waals surface area contributed by atoms with E-state index in [1.54, 1.807) is 0 Å². The number of piperidine rings is 1. The van der Waals surface area contributed by atoms with Gasteiger partial charge in [0.2, 0.25) is 0 Å². The number of ether oxygens (including phenoxy) is 2. The molecule has 2 saturated heterocycles. The fourth-order valence-corrected chi connectivity index (χ4v) is 5.35. The van der Waals surface area contributed by atoms with Crippen LogP contribution in [0.1, 0.15) is 79.6 Å². The van der Waals surface area contributed by atoms with Gasteiger partial charge in [0.1, 0.15) is 0 Å². The predicted molar refractivity (Wildman–Crippen MR) is 104 cm³/mol. The summed E-state index contributed by atoms with van der Waals surface area (Å²) in [5.41, 5.74) is 0.441. The first-order chi connectivity index (χ1) is 11.9. The Labute approximate surface area is 155 Å². The molecule has 0 amide bonds. The Morgan fingerprint density at radius 2 is 2.00 bits per heavy atom. The van der Waals surface area contributed by atoms with Crippen LogP contribution in [-0.2, 0) is 9.47 Å². The maximum absolute atomic E-state index is 6.60. The van der Waals surface area contributed by atoms with Crippen molar-refractivity contribution >= 4 is 0 Å². The molecule has 1 saturated carbocycles. The van der Waals surface area contributed by atoms with E-state index in [1.807, 2.05) is 0 Å². The average Bonchev–Trinajstić information content (AvgIpc) is 3.01. The van der Waals surface area contributed by atoms with Crippen molar-refractivity contribution in [1.29, 1.82) is 0 Å². The molecule has 3 fully saturated rings. The highest BCUT2D eigenvalue weighted by Gasteiger charge is 2.51. The molecule has 3 heteroatoms. The SMILES string of the molecule is CCC1CCCN(CC2COC3(CCC(C(C)(C)CC)CC3C)O2)C1. The minimum atomic E-state index is -0.287. The highest BCUT2D eigenvalue weighted by Crippen LogP contribution is 2.49. The third-order valence-corrected chi connectivity index (χ3v) is 7.77. The molecule has 5 unspecified atom stereocenters. The molecule has 0 aromatic rings. The Hall–Kier alpha value is -0.120. The molecule has 0 radical (unpaired) electrons. The summed E-state index contributed by atoms with van der Waals surface area (Å²) in [6, 6.07) is 0. The van der Waals surface area contributed by atoms with Gasteiger partial charge in [-0.1, -0.05) is 47.5 Å². The zero-order valence-corrected chi connectivity index (χ0v) is 17.4. The first-order valence-electron chi connectivity index (χ1n) is 10.9. The summed E-state index contributed by atoms with van der Waals surface area (Å²) in [5.74, 6) is 1.91. The van der Waals surface area contributed by atoms with Crippen LogP contribution in [0, 0.1) is 23.2 Å². The maximum atomic E-state index is 6.60. The molecular weight excluding hydrogens is 310 g/mol. The number of nitrogens with zero attached hydrogens (tertiary/aromatic N) is 1. The number of rotatable bonds is 5. The summed E-state index contributed by atoms with van der Waals surface area (Å²) < 4.78 is 13.0. The van der Waals surface area contributed by atoms with Gasteiger partial charge in [-0.15, -0.1) is 0 Å². The number of hydrogen-bond donors (Lipinski definition) is 0. The lowest BCUT2D eigenvalue weighted by Crippen LogP contribution is -2.46. The van der Waals surface area contributed by atoms with E-state index in [4.69, 9.17) is 9.47 Å². The van der Waals surface area contributed by atoms with Crippen molar-refractivity contribution in [2.24, 2.45) is 23.2 Å². The Morgan fingerprint density at radius 1 is 1.20 bits per heavy atom. The first-order valence-corrected chi connectivity index (χ1v) is 10.9. The lowest BCUT2D eigenvalue weighted by Gasteiger charge is -2.46. The second-order valence-corrected chi connectivity index (χ2v) is 9.75. The summed E-state index contributed by atoms with van der Waals surface area (Å²) in [5, 5.41) is 0. The summed E-state index contributed by atoms with van der Waals surface area (Å²) in [4.78, 5) is 2.63. The van der Waals surface area contributed by atoms with Gasteiger partial charge in [-0.05, 0) is 49.5 Å². The smallest absolute Gasteiger partial charge is 0.171 e. The average molecular weight is 352 g/mol. The topological polar surface area (TPSA) is 21.7 Å². The van der Waals surface area contributed by atoms with E-state index >= 15 is 0 Å². The molecule has 3 nitrogen and oxygen atoms in total. The second-order valence-electron chi connectivity index (χ2n) is 9.75. The van der Waals surface area contributed by atoms with Crippen molar-refractivity contribution in [2.45, 2.75) is 91.5 Å². The molecule has 5 atom stereocenters. The second kappa shape index (κ2) is 7.86. The van der Waals surface area contributed by atoms with Crippen LogP contribution in [0.15, 0.2) is 0 Å². The summed E-state index contributed by atoms with van der Waals surface area (Å²) in [6.07, 6.45) is 9.18. The standard InChI is InChI=1S/C22H41NO2/c1-6-18-9-8-12-23(14-18)15-20-16-24-22(25-20)11-10-19(13-17(22)3)21(4,5)7-2/h17-20H,6-16H2,1-5H3. The number of likely N-dealkylation sites (tertiary alicyclic amines) is 1. The van der Waals surface area contributed by atoms with Crippen LogP contribution in [0.3, 0.4) is 0 Å². The fraction of sp³-hybridized carbons (Fsp3) is 1.00. The van der Waals surface area contributed by atoms with E-state index in [2.05, 4.69) is 39.5 Å². The van der Waals surface area contributed by atoms with E-state index in [-0.39, 0.29) is 11.9 Å². The third-order valence-electron chi connectivity index (χ3n) is 7.77. The summed E-state index contributed by atoms with van der Waals surface area (Å²) >= 11 is 0. The Morgan fingerprint density at radius 3 is 2.68 bits per heavy atom. The van der Waals surface area contributed by atoms with Gasteiger partial charge in [-0.3, -0.25) is 0 Å². The molecule has 0 aromatic heterocycles. The zero-order chi connectivity index (χ0) is 18.1. The van der Waals surface area contributed by atoms with E-state index in [0.717, 1.165) is 31.4 Å². The van der Waals surface area contributed by atoms with E-state index in [0.29, 0.717) is 11.3 Å². The van der Waals surface area contributed by atoms with Crippen molar-refractivity contribution in [1.82, 2.24) is 4.90 Å². The van der Waals surface area contributed by atoms with Crippen LogP contribution in [0.5, 0.6) is 0 Å². The van der Waals surface area contributed by atoms with Gasteiger partial charge in [0.05, 0.1) is 12.7 Å². The molecule has 0 aromatic carbocycles. The molecule has 1 aliphatic carbocycles. The third kappa shape index (κ3) is 4.25. The van der Waals surface area contributed by atoms with Crippen LogP contribution >= 0.6 is 0 Å². The van der Waals surface area contributed by atoms with E-state index < -0.39 is 0 Å². The monoisotopic (exact) mass is 351 g/mol. The Bertz CT molecular complexity index is 438. The minimum Gasteiger partial charge on any atom is -0.347 e. The van der Waals surface area contributed by atoms with Gasteiger partial charge in [0.25, 0.3) is 0 Å². The van der Waals surface area contributed by atoms with Crippen molar-refractivity contribution in [3.05, 3.63) is 0 Å². The van der Waals surface area contributed by atoms with Crippen LogP contribution in [0.2, 0.25) is 0 Å². The molecule has 0 bridgehead atoms. The summed E-state index contributed by atoms with van der Waals surface area (Å²) in [6.45, 7) is 16.2. The van der Waals surface area contributed by atoms with Crippen molar-refractivity contribution in [2.75, 3.05) is 26.2 Å². The largest absolute Gasteiger partial charge is 0.347 e. The summed E-state index contributed by atoms with van der Waals surface area (Å²) in [7, 11) is 0. The van der Waals surface area contributed by atoms with Gasteiger partial charge in [0.15, 0.2) is 5.79 Å². The minimum absolute atomic E-state index is 0.272. The van der Waals surface area contributed by atoms with Gasteiger partial charge in [0, 0.05) is 25.4 Å². The Balaban J connectivity index is 1.53. The van der Waals surface area contributed by atoms with Gasteiger partial charge in [-0.2, -0.15) is 0 Å². The first kappa shape index (κ1) is 19.6. The molecule has 2 heterocycles. The molecular formula is C22H41NO2. The van der Waals surface area contributed by atoms with Gasteiger partial charge < -0.3 is 14.4 Å². The molecule has 146 valence electrons. The predicted octanol–water partition coefficient (Wildman–Crippen LogP) is 5.09. The molecule has 1 spiro atoms. The van der Waals surface area contributed by atoms with Crippen molar-refractivity contribution < 1.29 is 9.47 Å². The lowest BCUT2D eigenvalue weighted by atomic mass is 9.65. The van der Waals surface area contributed by atoms with E-state index in [1.165, 1.54) is 51.6 Å². The normalized spacial score (nSPS) is 40.7. The molecule has 25 heavy (non-hydrogen) atoms. The molecule has 3 rings (SSSR count). The fourth-order valence-electron chi connectivity index (χ4n) is 5.35. The zero-order valence-electron chi connectivity index (χ0n) is 17.4. The van der Waals surface area contributed by atoms with E-state index in [9.17, 15) is 0 Å². The lowest BCUT2D eigenvalue weighted by molar-refractivity contribution is -0.228. The van der Waals surface area contributed by atoms with Crippen LogP contribution in [0.4, 0.5) is 0 Å².